The third-order valence-electron chi connectivity index (χ3n) is 4.85. The Morgan fingerprint density at radius 3 is 1.63 bits per heavy atom. The monoisotopic (exact) mass is 410 g/mol. The number of hydrogen-bond donors (Lipinski definition) is 0. The van der Waals surface area contributed by atoms with E-state index in [1.54, 1.807) is 12.1 Å². The Hall–Kier alpha value is -3.44. The summed E-state index contributed by atoms with van der Waals surface area (Å²) in [7, 11) is -3.26. The van der Waals surface area contributed by atoms with Gasteiger partial charge < -0.3 is 4.57 Å². The van der Waals surface area contributed by atoms with Crippen LogP contribution in [0.5, 0.6) is 0 Å². The Bertz CT molecular complexity index is 1180. The van der Waals surface area contributed by atoms with Crippen molar-refractivity contribution in [3.63, 3.8) is 0 Å². The second kappa shape index (κ2) is 8.93. The molecule has 30 heavy (non-hydrogen) atoms. The average Bonchev–Trinajstić information content (AvgIpc) is 2.82. The first-order valence-electron chi connectivity index (χ1n) is 9.67. The van der Waals surface area contributed by atoms with Crippen LogP contribution < -0.4 is 10.6 Å². The number of benzene rings is 4. The van der Waals surface area contributed by atoms with Gasteiger partial charge in [0, 0.05) is 10.6 Å². The molecule has 0 spiro atoms. The molecule has 0 amide bonds. The van der Waals surface area contributed by atoms with Gasteiger partial charge in [0.05, 0.1) is 5.31 Å². The van der Waals surface area contributed by atoms with Crippen LogP contribution in [0.25, 0.3) is 11.4 Å². The van der Waals surface area contributed by atoms with E-state index in [2.05, 4.69) is 5.73 Å². The lowest BCUT2D eigenvalue weighted by Crippen LogP contribution is -2.16. The van der Waals surface area contributed by atoms with Crippen LogP contribution >= 0.6 is 7.14 Å². The Kier molecular flexibility index (Phi) is 5.91. The van der Waals surface area contributed by atoms with Gasteiger partial charge in [0.1, 0.15) is 5.82 Å². The molecular formula is C27H20FOP. The highest BCUT2D eigenvalue weighted by molar-refractivity contribution is 7.87. The largest absolute Gasteiger partial charge is 0.308 e. The summed E-state index contributed by atoms with van der Waals surface area (Å²) in [4.78, 5) is 0. The fourth-order valence-electron chi connectivity index (χ4n) is 3.35. The molecule has 1 nitrogen and oxygen atoms in total. The molecule has 0 aliphatic carbocycles. The molecule has 4 rings (SSSR count). The second-order valence-electron chi connectivity index (χ2n) is 6.84. The Labute approximate surface area is 176 Å². The maximum atomic E-state index is 14.8. The van der Waals surface area contributed by atoms with Crippen molar-refractivity contribution in [1.29, 1.82) is 0 Å². The van der Waals surface area contributed by atoms with Crippen LogP contribution in [0.3, 0.4) is 0 Å². The normalized spacial score (nSPS) is 10.8. The van der Waals surface area contributed by atoms with Gasteiger partial charge >= 0.3 is 0 Å². The highest BCUT2D eigenvalue weighted by Crippen LogP contribution is 2.56. The summed E-state index contributed by atoms with van der Waals surface area (Å²) >= 11 is 0. The van der Waals surface area contributed by atoms with E-state index >= 15 is 0 Å². The van der Waals surface area contributed by atoms with Gasteiger partial charge in [-0.2, -0.15) is 0 Å². The third kappa shape index (κ3) is 4.11. The summed E-state index contributed by atoms with van der Waals surface area (Å²) in [5.41, 5.74) is 4.94. The first-order chi connectivity index (χ1) is 14.7. The summed E-state index contributed by atoms with van der Waals surface area (Å²) in [6.45, 7) is 0. The van der Waals surface area contributed by atoms with E-state index in [0.717, 1.165) is 5.56 Å². The van der Waals surface area contributed by atoms with Gasteiger partial charge in [0.2, 0.25) is 0 Å². The van der Waals surface area contributed by atoms with Crippen molar-refractivity contribution in [2.75, 3.05) is 0 Å². The van der Waals surface area contributed by atoms with E-state index in [9.17, 15) is 8.96 Å². The van der Waals surface area contributed by atoms with Crippen molar-refractivity contribution in [2.45, 2.75) is 0 Å². The number of hydrogen-bond acceptors (Lipinski definition) is 1. The van der Waals surface area contributed by atoms with Crippen molar-refractivity contribution < 1.29 is 8.96 Å². The Morgan fingerprint density at radius 2 is 1.13 bits per heavy atom. The van der Waals surface area contributed by atoms with Crippen molar-refractivity contribution in [2.24, 2.45) is 0 Å². The number of halogens is 1. The molecule has 0 aliphatic heterocycles. The predicted molar refractivity (Wildman–Crippen MR) is 124 cm³/mol. The van der Waals surface area contributed by atoms with Gasteiger partial charge in [0.25, 0.3) is 0 Å². The molecule has 0 radical (unpaired) electrons. The van der Waals surface area contributed by atoms with Crippen LogP contribution in [0.1, 0.15) is 11.1 Å². The molecule has 0 unspecified atom stereocenters. The number of rotatable bonds is 5. The molecule has 146 valence electrons. The van der Waals surface area contributed by atoms with Crippen molar-refractivity contribution in [3.8, 4) is 0 Å². The maximum Gasteiger partial charge on any atom is 0.179 e. The summed E-state index contributed by atoms with van der Waals surface area (Å²) in [6.07, 6.45) is 1.83. The average molecular weight is 410 g/mol. The van der Waals surface area contributed by atoms with Crippen LogP contribution in [0.2, 0.25) is 0 Å². The minimum absolute atomic E-state index is 0.334. The lowest BCUT2D eigenvalue weighted by atomic mass is 10.2. The lowest BCUT2D eigenvalue weighted by molar-refractivity contribution is 0.593. The standard InChI is InChI=1S/C27H20FOP/c28-24-19-17-23(18-20-24)27(21-16-22-10-4-1-5-11-22)30(29,25-12-6-2-7-13-25)26-14-8-3-9-15-26/h1-20H. The highest BCUT2D eigenvalue weighted by atomic mass is 31.2. The third-order valence-corrected chi connectivity index (χ3v) is 7.92. The van der Waals surface area contributed by atoms with Gasteiger partial charge in [-0.1, -0.05) is 103 Å². The molecule has 0 heterocycles. The molecule has 3 heteroatoms. The van der Waals surface area contributed by atoms with Crippen LogP contribution in [0.15, 0.2) is 121 Å². The van der Waals surface area contributed by atoms with Gasteiger partial charge in [-0.15, -0.1) is 5.73 Å². The topological polar surface area (TPSA) is 17.1 Å². The molecule has 0 fully saturated rings. The fourth-order valence-corrected chi connectivity index (χ4v) is 6.11. The van der Waals surface area contributed by atoms with Crippen LogP contribution in [-0.4, -0.2) is 0 Å². The van der Waals surface area contributed by atoms with E-state index in [1.807, 2.05) is 97.1 Å². The SMILES string of the molecule is O=P(C(=C=Cc1ccccc1)c1ccc(F)cc1)(c1ccccc1)c1ccccc1. The molecular weight excluding hydrogens is 390 g/mol. The summed E-state index contributed by atoms with van der Waals surface area (Å²) in [5.74, 6) is -0.334. The molecule has 4 aromatic carbocycles. The zero-order valence-electron chi connectivity index (χ0n) is 16.3. The van der Waals surface area contributed by atoms with Gasteiger partial charge in [-0.3, -0.25) is 0 Å². The summed E-state index contributed by atoms with van der Waals surface area (Å²) < 4.78 is 28.4. The minimum Gasteiger partial charge on any atom is -0.308 e. The van der Waals surface area contributed by atoms with Crippen LogP contribution in [0.4, 0.5) is 4.39 Å². The van der Waals surface area contributed by atoms with Crippen LogP contribution in [0, 0.1) is 5.82 Å². The lowest BCUT2D eigenvalue weighted by Gasteiger charge is -2.21. The van der Waals surface area contributed by atoms with E-state index < -0.39 is 7.14 Å². The van der Waals surface area contributed by atoms with Gasteiger partial charge in [-0.25, -0.2) is 4.39 Å². The van der Waals surface area contributed by atoms with E-state index in [0.29, 0.717) is 21.5 Å². The van der Waals surface area contributed by atoms with Crippen molar-refractivity contribution >= 4 is 29.1 Å². The zero-order chi connectivity index (χ0) is 20.8. The predicted octanol–water partition coefficient (Wildman–Crippen LogP) is 6.49. The smallest absolute Gasteiger partial charge is 0.179 e. The molecule has 0 aliphatic rings. The molecule has 0 atom stereocenters. The second-order valence-corrected chi connectivity index (χ2v) is 9.53. The van der Waals surface area contributed by atoms with Crippen molar-refractivity contribution in [3.05, 3.63) is 138 Å². The highest BCUT2D eigenvalue weighted by Gasteiger charge is 2.32. The van der Waals surface area contributed by atoms with E-state index in [-0.39, 0.29) is 5.82 Å². The fraction of sp³-hybridized carbons (Fsp3) is 0. The minimum atomic E-state index is -3.26. The summed E-state index contributed by atoms with van der Waals surface area (Å²) in [5, 5.41) is 1.97. The molecule has 0 saturated heterocycles. The van der Waals surface area contributed by atoms with Crippen molar-refractivity contribution in [1.82, 2.24) is 0 Å². The zero-order valence-corrected chi connectivity index (χ0v) is 17.2. The quantitative estimate of drug-likeness (QED) is 0.271. The molecule has 0 aromatic heterocycles. The molecule has 0 saturated carbocycles. The first kappa shape index (κ1) is 19.9. The van der Waals surface area contributed by atoms with Crippen LogP contribution in [-0.2, 0) is 4.57 Å². The summed E-state index contributed by atoms with van der Waals surface area (Å²) in [6, 6.07) is 34.7. The Morgan fingerprint density at radius 1 is 0.667 bits per heavy atom. The molecule has 0 N–H and O–H groups in total. The molecule has 4 aromatic rings. The van der Waals surface area contributed by atoms with Gasteiger partial charge in [0.15, 0.2) is 7.14 Å². The van der Waals surface area contributed by atoms with E-state index in [1.165, 1.54) is 12.1 Å². The van der Waals surface area contributed by atoms with E-state index in [4.69, 9.17) is 0 Å². The van der Waals surface area contributed by atoms with Gasteiger partial charge in [-0.05, 0) is 29.3 Å². The first-order valence-corrected chi connectivity index (χ1v) is 11.4. The molecule has 0 bridgehead atoms. The maximum absolute atomic E-state index is 14.8. The Balaban J connectivity index is 2.03.